The van der Waals surface area contributed by atoms with Gasteiger partial charge < -0.3 is 10.1 Å². The van der Waals surface area contributed by atoms with Crippen LogP contribution in [-0.2, 0) is 21.2 Å². The van der Waals surface area contributed by atoms with Gasteiger partial charge in [-0.25, -0.2) is 13.1 Å². The second kappa shape index (κ2) is 6.62. The van der Waals surface area contributed by atoms with Crippen LogP contribution in [0.2, 0.25) is 0 Å². The molecule has 3 rings (SSSR count). The van der Waals surface area contributed by atoms with Gasteiger partial charge in [0.05, 0.1) is 10.6 Å². The Morgan fingerprint density at radius 1 is 1.21 bits per heavy atom. The van der Waals surface area contributed by atoms with E-state index in [1.165, 1.54) is 12.1 Å². The molecule has 1 aliphatic heterocycles. The third kappa shape index (κ3) is 3.74. The number of benzene rings is 2. The average molecular weight is 346 g/mol. The summed E-state index contributed by atoms with van der Waals surface area (Å²) in [5.41, 5.74) is 1.42. The van der Waals surface area contributed by atoms with Crippen LogP contribution < -0.4 is 14.8 Å². The van der Waals surface area contributed by atoms with Crippen molar-refractivity contribution in [1.82, 2.24) is 4.72 Å². The van der Waals surface area contributed by atoms with Gasteiger partial charge in [0.1, 0.15) is 5.75 Å². The highest BCUT2D eigenvalue weighted by molar-refractivity contribution is 7.89. The number of rotatable bonds is 5. The molecule has 0 saturated heterocycles. The van der Waals surface area contributed by atoms with Gasteiger partial charge in [0.25, 0.3) is 5.91 Å². The monoisotopic (exact) mass is 346 g/mol. The molecule has 7 heteroatoms. The van der Waals surface area contributed by atoms with Crippen molar-refractivity contribution in [2.24, 2.45) is 0 Å². The topological polar surface area (TPSA) is 84.5 Å². The maximum Gasteiger partial charge on any atom is 0.262 e. The molecular weight excluding hydrogens is 328 g/mol. The van der Waals surface area contributed by atoms with Crippen LogP contribution in [0.1, 0.15) is 12.5 Å². The third-order valence-corrected chi connectivity index (χ3v) is 5.22. The van der Waals surface area contributed by atoms with Crippen LogP contribution in [-0.4, -0.2) is 27.0 Å². The Bertz CT molecular complexity index is 850. The zero-order valence-corrected chi connectivity index (χ0v) is 14.0. The Hall–Kier alpha value is -2.38. The summed E-state index contributed by atoms with van der Waals surface area (Å²) in [7, 11) is -3.69. The van der Waals surface area contributed by atoms with E-state index < -0.39 is 10.0 Å². The number of carbonyl (C=O) groups excluding carboxylic acids is 1. The Balaban J connectivity index is 1.75. The first-order valence-corrected chi connectivity index (χ1v) is 9.05. The average Bonchev–Trinajstić information content (AvgIpc) is 2.54. The van der Waals surface area contributed by atoms with Crippen LogP contribution in [0.3, 0.4) is 0 Å². The summed E-state index contributed by atoms with van der Waals surface area (Å²) in [5.74, 6) is 0.160. The van der Waals surface area contributed by atoms with Crippen molar-refractivity contribution in [3.63, 3.8) is 0 Å². The SMILES string of the molecule is C[C@@H](Cc1ccccc1)NS(=O)(=O)c1ccc2c(c1)NC(=O)CO2. The molecule has 0 aliphatic carbocycles. The summed E-state index contributed by atoms with van der Waals surface area (Å²) in [6.45, 7) is 1.75. The van der Waals surface area contributed by atoms with E-state index in [1.54, 1.807) is 6.07 Å². The fourth-order valence-corrected chi connectivity index (χ4v) is 3.84. The van der Waals surface area contributed by atoms with Crippen LogP contribution in [0, 0.1) is 0 Å². The van der Waals surface area contributed by atoms with E-state index in [9.17, 15) is 13.2 Å². The lowest BCUT2D eigenvalue weighted by Crippen LogP contribution is -2.34. The number of nitrogens with one attached hydrogen (secondary N) is 2. The van der Waals surface area contributed by atoms with Crippen LogP contribution in [0.25, 0.3) is 0 Å². The number of hydrogen-bond donors (Lipinski definition) is 2. The summed E-state index contributed by atoms with van der Waals surface area (Å²) in [4.78, 5) is 11.5. The van der Waals surface area contributed by atoms with Gasteiger partial charge in [-0.2, -0.15) is 0 Å². The third-order valence-electron chi connectivity index (χ3n) is 3.64. The minimum atomic E-state index is -3.69. The Morgan fingerprint density at radius 2 is 1.96 bits per heavy atom. The first kappa shape index (κ1) is 16.5. The van der Waals surface area contributed by atoms with Gasteiger partial charge in [0.15, 0.2) is 6.61 Å². The fraction of sp³-hybridized carbons (Fsp3) is 0.235. The molecular formula is C17H18N2O4S. The standard InChI is InChI=1S/C17H18N2O4S/c1-12(9-13-5-3-2-4-6-13)19-24(21,22)14-7-8-16-15(10-14)18-17(20)11-23-16/h2-8,10,12,19H,9,11H2,1H3,(H,18,20)/t12-/m0/s1. The smallest absolute Gasteiger partial charge is 0.262 e. The maximum absolute atomic E-state index is 12.5. The summed E-state index contributed by atoms with van der Waals surface area (Å²) in [5, 5.41) is 2.61. The number of fused-ring (bicyclic) bond motifs is 1. The highest BCUT2D eigenvalue weighted by atomic mass is 32.2. The van der Waals surface area contributed by atoms with E-state index in [4.69, 9.17) is 4.74 Å². The molecule has 0 fully saturated rings. The van der Waals surface area contributed by atoms with E-state index in [0.717, 1.165) is 5.56 Å². The first-order chi connectivity index (χ1) is 11.4. The Labute approximate surface area is 140 Å². The molecule has 0 saturated carbocycles. The highest BCUT2D eigenvalue weighted by Gasteiger charge is 2.22. The second-order valence-corrected chi connectivity index (χ2v) is 7.42. The Kier molecular flexibility index (Phi) is 4.55. The van der Waals surface area contributed by atoms with E-state index in [1.807, 2.05) is 37.3 Å². The molecule has 126 valence electrons. The number of hydrogen-bond acceptors (Lipinski definition) is 4. The molecule has 24 heavy (non-hydrogen) atoms. The highest BCUT2D eigenvalue weighted by Crippen LogP contribution is 2.30. The lowest BCUT2D eigenvalue weighted by molar-refractivity contribution is -0.118. The molecule has 6 nitrogen and oxygen atoms in total. The fourth-order valence-electron chi connectivity index (χ4n) is 2.57. The van der Waals surface area contributed by atoms with Gasteiger partial charge in [-0.3, -0.25) is 4.79 Å². The van der Waals surface area contributed by atoms with Gasteiger partial charge in [-0.05, 0) is 37.1 Å². The van der Waals surface area contributed by atoms with E-state index in [2.05, 4.69) is 10.0 Å². The summed E-state index contributed by atoms with van der Waals surface area (Å²) < 4.78 is 33.0. The van der Waals surface area contributed by atoms with Crippen LogP contribution in [0.15, 0.2) is 53.4 Å². The molecule has 0 radical (unpaired) electrons. The molecule has 1 aliphatic rings. The molecule has 2 aromatic rings. The first-order valence-electron chi connectivity index (χ1n) is 7.57. The predicted octanol–water partition coefficient (Wildman–Crippen LogP) is 1.93. The van der Waals surface area contributed by atoms with Crippen LogP contribution in [0.5, 0.6) is 5.75 Å². The van der Waals surface area contributed by atoms with Crippen molar-refractivity contribution >= 4 is 21.6 Å². The largest absolute Gasteiger partial charge is 0.482 e. The minimum absolute atomic E-state index is 0.0640. The van der Waals surface area contributed by atoms with Crippen molar-refractivity contribution in [3.05, 3.63) is 54.1 Å². The normalized spacial score (nSPS) is 15.1. The molecule has 2 N–H and O–H groups in total. The van der Waals surface area contributed by atoms with Gasteiger partial charge in [-0.15, -0.1) is 0 Å². The molecule has 2 aromatic carbocycles. The minimum Gasteiger partial charge on any atom is -0.482 e. The van der Waals surface area contributed by atoms with E-state index in [0.29, 0.717) is 17.9 Å². The number of sulfonamides is 1. The lowest BCUT2D eigenvalue weighted by atomic mass is 10.1. The summed E-state index contributed by atoms with van der Waals surface area (Å²) in [6.07, 6.45) is 0.588. The Morgan fingerprint density at radius 3 is 2.71 bits per heavy atom. The molecule has 0 aromatic heterocycles. The summed E-state index contributed by atoms with van der Waals surface area (Å²) in [6, 6.07) is 13.8. The maximum atomic E-state index is 12.5. The lowest BCUT2D eigenvalue weighted by Gasteiger charge is -2.19. The van der Waals surface area contributed by atoms with Gasteiger partial charge in [0.2, 0.25) is 10.0 Å². The van der Waals surface area contributed by atoms with Crippen molar-refractivity contribution in [1.29, 1.82) is 0 Å². The molecule has 0 spiro atoms. The van der Waals surface area contributed by atoms with Crippen molar-refractivity contribution in [2.75, 3.05) is 11.9 Å². The number of ether oxygens (including phenoxy) is 1. The zero-order valence-electron chi connectivity index (χ0n) is 13.2. The molecule has 1 heterocycles. The van der Waals surface area contributed by atoms with E-state index >= 15 is 0 Å². The summed E-state index contributed by atoms with van der Waals surface area (Å²) >= 11 is 0. The van der Waals surface area contributed by atoms with Crippen LogP contribution in [0.4, 0.5) is 5.69 Å². The number of amides is 1. The van der Waals surface area contributed by atoms with Crippen molar-refractivity contribution < 1.29 is 17.9 Å². The molecule has 0 bridgehead atoms. The molecule has 1 atom stereocenters. The van der Waals surface area contributed by atoms with Crippen molar-refractivity contribution in [3.8, 4) is 5.75 Å². The number of carbonyl (C=O) groups is 1. The zero-order chi connectivity index (χ0) is 17.2. The number of anilines is 1. The molecule has 0 unspecified atom stereocenters. The van der Waals surface area contributed by atoms with Gasteiger partial charge >= 0.3 is 0 Å². The molecule has 1 amide bonds. The predicted molar refractivity (Wildman–Crippen MR) is 90.5 cm³/mol. The second-order valence-electron chi connectivity index (χ2n) is 5.71. The van der Waals surface area contributed by atoms with Gasteiger partial charge in [-0.1, -0.05) is 30.3 Å². The quantitative estimate of drug-likeness (QED) is 0.866. The van der Waals surface area contributed by atoms with Gasteiger partial charge in [0, 0.05) is 6.04 Å². The van der Waals surface area contributed by atoms with E-state index in [-0.39, 0.29) is 23.5 Å². The van der Waals surface area contributed by atoms with Crippen molar-refractivity contribution in [2.45, 2.75) is 24.3 Å². The van der Waals surface area contributed by atoms with Crippen LogP contribution >= 0.6 is 0 Å².